The third-order valence-electron chi connectivity index (χ3n) is 8.25. The van der Waals surface area contributed by atoms with Gasteiger partial charge in [-0.25, -0.2) is 0 Å². The second-order valence-electron chi connectivity index (χ2n) is 10.5. The number of nitrogens with zero attached hydrogens (tertiary/aromatic N) is 4. The second-order valence-corrected chi connectivity index (χ2v) is 10.5. The van der Waals surface area contributed by atoms with Gasteiger partial charge in [-0.1, -0.05) is 12.8 Å². The van der Waals surface area contributed by atoms with Crippen LogP contribution in [0.15, 0.2) is 24.3 Å². The van der Waals surface area contributed by atoms with Gasteiger partial charge in [-0.3, -0.25) is 14.5 Å². The molecule has 2 aromatic rings. The molecule has 1 aromatic heterocycles. The van der Waals surface area contributed by atoms with Crippen LogP contribution in [0, 0.1) is 5.92 Å². The highest BCUT2D eigenvalue weighted by Gasteiger charge is 2.30. The molecule has 0 spiro atoms. The van der Waals surface area contributed by atoms with Crippen LogP contribution in [0.2, 0.25) is 0 Å². The van der Waals surface area contributed by atoms with E-state index in [1.807, 2.05) is 28.0 Å². The first-order chi connectivity index (χ1) is 16.7. The standard InChI is InChI=1S/C27H36N4O3/c32-26(29-11-9-28(10-12-29)23-3-1-2-4-23)21-7-8-24-22(17-21)18-25(31(24)19-20-5-6-20)27(33)30-13-15-34-16-14-30/h7-8,17-18,20,23H,1-6,9-16,19H2. The van der Waals surface area contributed by atoms with Crippen LogP contribution in [0.4, 0.5) is 0 Å². The molecule has 6 rings (SSSR count). The molecular weight excluding hydrogens is 428 g/mol. The van der Waals surface area contributed by atoms with Gasteiger partial charge < -0.3 is 19.1 Å². The summed E-state index contributed by atoms with van der Waals surface area (Å²) in [5, 5.41) is 0.993. The topological polar surface area (TPSA) is 58.0 Å². The van der Waals surface area contributed by atoms with Crippen LogP contribution in [0.5, 0.6) is 0 Å². The summed E-state index contributed by atoms with van der Waals surface area (Å²) in [6.45, 7) is 6.92. The number of benzene rings is 1. The maximum Gasteiger partial charge on any atom is 0.270 e. The Kier molecular flexibility index (Phi) is 6.08. The lowest BCUT2D eigenvalue weighted by molar-refractivity contribution is 0.0296. The number of carbonyl (C=O) groups excluding carboxylic acids is 2. The average Bonchev–Trinajstić information content (AvgIpc) is 3.39. The number of aromatic nitrogens is 1. The third-order valence-corrected chi connectivity index (χ3v) is 8.25. The van der Waals surface area contributed by atoms with Gasteiger partial charge in [0.2, 0.25) is 0 Å². The highest BCUT2D eigenvalue weighted by molar-refractivity contribution is 6.02. The Morgan fingerprint density at radius 2 is 1.53 bits per heavy atom. The van der Waals surface area contributed by atoms with E-state index in [0.717, 1.165) is 60.9 Å². The van der Waals surface area contributed by atoms with Crippen molar-refractivity contribution in [1.82, 2.24) is 19.3 Å². The molecule has 2 saturated carbocycles. The van der Waals surface area contributed by atoms with E-state index in [-0.39, 0.29) is 11.8 Å². The first-order valence-corrected chi connectivity index (χ1v) is 13.2. The van der Waals surface area contributed by atoms with E-state index in [0.29, 0.717) is 32.2 Å². The predicted molar refractivity (Wildman–Crippen MR) is 131 cm³/mol. The van der Waals surface area contributed by atoms with Gasteiger partial charge in [0, 0.05) is 68.3 Å². The second kappa shape index (κ2) is 9.34. The highest BCUT2D eigenvalue weighted by Crippen LogP contribution is 2.34. The van der Waals surface area contributed by atoms with Gasteiger partial charge in [0.05, 0.1) is 13.2 Å². The third kappa shape index (κ3) is 4.36. The molecule has 2 amide bonds. The number of amides is 2. The van der Waals surface area contributed by atoms with Gasteiger partial charge in [0.1, 0.15) is 5.69 Å². The normalized spacial score (nSPS) is 22.6. The number of hydrogen-bond donors (Lipinski definition) is 0. The van der Waals surface area contributed by atoms with E-state index in [4.69, 9.17) is 4.74 Å². The molecule has 4 fully saturated rings. The number of carbonyl (C=O) groups is 2. The summed E-state index contributed by atoms with van der Waals surface area (Å²) in [5.74, 6) is 0.851. The number of ether oxygens (including phenoxy) is 1. The van der Waals surface area contributed by atoms with Crippen molar-refractivity contribution in [3.05, 3.63) is 35.5 Å². The van der Waals surface area contributed by atoms with Gasteiger partial charge in [0.25, 0.3) is 11.8 Å². The number of piperazine rings is 1. The molecule has 3 heterocycles. The van der Waals surface area contributed by atoms with E-state index < -0.39 is 0 Å². The largest absolute Gasteiger partial charge is 0.378 e. The summed E-state index contributed by atoms with van der Waals surface area (Å²) in [7, 11) is 0. The van der Waals surface area contributed by atoms with E-state index in [1.54, 1.807) is 0 Å². The molecule has 4 aliphatic rings. The minimum absolute atomic E-state index is 0.0797. The van der Waals surface area contributed by atoms with Gasteiger partial charge in [-0.2, -0.15) is 0 Å². The number of morpholine rings is 1. The minimum atomic E-state index is 0.0797. The Bertz CT molecular complexity index is 1060. The van der Waals surface area contributed by atoms with E-state index in [2.05, 4.69) is 15.5 Å². The van der Waals surface area contributed by atoms with Crippen LogP contribution in [0.1, 0.15) is 59.4 Å². The molecule has 2 saturated heterocycles. The zero-order chi connectivity index (χ0) is 23.1. The van der Waals surface area contributed by atoms with Gasteiger partial charge >= 0.3 is 0 Å². The Morgan fingerprint density at radius 1 is 0.824 bits per heavy atom. The van der Waals surface area contributed by atoms with Crippen molar-refractivity contribution >= 4 is 22.7 Å². The summed E-state index contributed by atoms with van der Waals surface area (Å²) in [5.41, 5.74) is 2.54. The predicted octanol–water partition coefficient (Wildman–Crippen LogP) is 3.22. The van der Waals surface area contributed by atoms with Crippen LogP contribution < -0.4 is 0 Å². The lowest BCUT2D eigenvalue weighted by Crippen LogP contribution is -2.51. The molecule has 0 atom stereocenters. The molecule has 7 nitrogen and oxygen atoms in total. The zero-order valence-electron chi connectivity index (χ0n) is 20.1. The van der Waals surface area contributed by atoms with Crippen LogP contribution >= 0.6 is 0 Å². The van der Waals surface area contributed by atoms with Gasteiger partial charge in [-0.05, 0) is 55.9 Å². The quantitative estimate of drug-likeness (QED) is 0.682. The van der Waals surface area contributed by atoms with Crippen LogP contribution in [0.25, 0.3) is 10.9 Å². The molecule has 182 valence electrons. The van der Waals surface area contributed by atoms with Crippen molar-refractivity contribution in [3.8, 4) is 0 Å². The average molecular weight is 465 g/mol. The number of fused-ring (bicyclic) bond motifs is 1. The summed E-state index contributed by atoms with van der Waals surface area (Å²) in [6.07, 6.45) is 7.78. The molecule has 2 aliphatic heterocycles. The number of rotatable bonds is 5. The fourth-order valence-electron chi connectivity index (χ4n) is 6.01. The van der Waals surface area contributed by atoms with Crippen molar-refractivity contribution in [2.75, 3.05) is 52.5 Å². The van der Waals surface area contributed by atoms with Gasteiger partial charge in [-0.15, -0.1) is 0 Å². The fourth-order valence-corrected chi connectivity index (χ4v) is 6.01. The van der Waals surface area contributed by atoms with Crippen LogP contribution in [-0.4, -0.2) is 89.6 Å². The Balaban J connectivity index is 1.22. The zero-order valence-corrected chi connectivity index (χ0v) is 20.1. The molecule has 34 heavy (non-hydrogen) atoms. The molecule has 7 heteroatoms. The van der Waals surface area contributed by atoms with Crippen molar-refractivity contribution < 1.29 is 14.3 Å². The van der Waals surface area contributed by atoms with Gasteiger partial charge in [0.15, 0.2) is 0 Å². The van der Waals surface area contributed by atoms with Crippen molar-refractivity contribution in [2.45, 2.75) is 51.1 Å². The maximum absolute atomic E-state index is 13.4. The van der Waals surface area contributed by atoms with Crippen molar-refractivity contribution in [2.24, 2.45) is 5.92 Å². The van der Waals surface area contributed by atoms with Crippen LogP contribution in [0.3, 0.4) is 0 Å². The lowest BCUT2D eigenvalue weighted by Gasteiger charge is -2.38. The Labute approximate surface area is 201 Å². The van der Waals surface area contributed by atoms with E-state index in [9.17, 15) is 9.59 Å². The summed E-state index contributed by atoms with van der Waals surface area (Å²) in [6, 6.07) is 8.74. The number of hydrogen-bond acceptors (Lipinski definition) is 4. The lowest BCUT2D eigenvalue weighted by atomic mass is 10.1. The maximum atomic E-state index is 13.4. The van der Waals surface area contributed by atoms with Crippen molar-refractivity contribution in [1.29, 1.82) is 0 Å². The van der Waals surface area contributed by atoms with E-state index in [1.165, 1.54) is 38.5 Å². The molecule has 1 aromatic carbocycles. The molecule has 2 aliphatic carbocycles. The summed E-state index contributed by atoms with van der Waals surface area (Å²) < 4.78 is 7.63. The highest BCUT2D eigenvalue weighted by atomic mass is 16.5. The summed E-state index contributed by atoms with van der Waals surface area (Å²) in [4.78, 5) is 33.2. The molecule has 0 N–H and O–H groups in total. The first-order valence-electron chi connectivity index (χ1n) is 13.2. The Morgan fingerprint density at radius 3 is 2.24 bits per heavy atom. The Hall–Kier alpha value is -2.38. The molecule has 0 radical (unpaired) electrons. The molecule has 0 bridgehead atoms. The SMILES string of the molecule is O=C(c1ccc2c(c1)cc(C(=O)N1CCOCC1)n2CC1CC1)N1CCN(C2CCCC2)CC1. The fraction of sp³-hybridized carbons (Fsp3) is 0.630. The smallest absolute Gasteiger partial charge is 0.270 e. The monoisotopic (exact) mass is 464 g/mol. The molecular formula is C27H36N4O3. The molecule has 0 unspecified atom stereocenters. The van der Waals surface area contributed by atoms with Crippen molar-refractivity contribution in [3.63, 3.8) is 0 Å². The minimum Gasteiger partial charge on any atom is -0.378 e. The summed E-state index contributed by atoms with van der Waals surface area (Å²) >= 11 is 0. The van der Waals surface area contributed by atoms with E-state index >= 15 is 0 Å². The first kappa shape index (κ1) is 22.1. The van der Waals surface area contributed by atoms with Crippen LogP contribution in [-0.2, 0) is 11.3 Å².